The van der Waals surface area contributed by atoms with Crippen LogP contribution in [0.15, 0.2) is 125 Å². The number of nitrogens with two attached hydrogens (primary N) is 3. The number of rotatable bonds is 3. The van der Waals surface area contributed by atoms with E-state index >= 15 is 0 Å². The molecule has 0 aliphatic heterocycles. The Bertz CT molecular complexity index is 2080. The third-order valence-corrected chi connectivity index (χ3v) is 7.22. The topological polar surface area (TPSA) is 239 Å². The van der Waals surface area contributed by atoms with Crippen molar-refractivity contribution < 1.29 is 28.5 Å². The molecule has 0 unspecified atom stereocenters. The molecule has 6 aromatic rings. The predicted molar refractivity (Wildman–Crippen MR) is 179 cm³/mol. The second-order valence-corrected chi connectivity index (χ2v) is 11.2. The van der Waals surface area contributed by atoms with E-state index in [9.17, 15) is 23.1 Å². The van der Waals surface area contributed by atoms with Gasteiger partial charge < -0.3 is 31.9 Å². The molecule has 238 valence electrons. The van der Waals surface area contributed by atoms with E-state index in [1.54, 1.807) is 24.4 Å². The quantitative estimate of drug-likeness (QED) is 0.0973. The van der Waals surface area contributed by atoms with Gasteiger partial charge in [0.1, 0.15) is 11.5 Å². The molecule has 0 saturated carbocycles. The number of aromatic amines is 2. The number of carboxylic acids is 1. The van der Waals surface area contributed by atoms with Crippen LogP contribution in [0.2, 0.25) is 0 Å². The van der Waals surface area contributed by atoms with Crippen LogP contribution in [0.1, 0.15) is 15.9 Å². The van der Waals surface area contributed by atoms with Crippen molar-refractivity contribution in [2.24, 2.45) is 5.14 Å². The molecule has 6 rings (SSSR count). The van der Waals surface area contributed by atoms with Gasteiger partial charge in [-0.3, -0.25) is 9.89 Å². The van der Waals surface area contributed by atoms with Crippen LogP contribution in [0.25, 0.3) is 21.9 Å². The maximum Gasteiger partial charge on any atom is 0.337 e. The lowest BCUT2D eigenvalue weighted by atomic mass is 9.95. The van der Waals surface area contributed by atoms with Gasteiger partial charge in [0, 0.05) is 23.5 Å². The molecule has 0 radical (unpaired) electrons. The smallest absolute Gasteiger partial charge is 0.337 e. The van der Waals surface area contributed by atoms with Gasteiger partial charge in [-0.25, -0.2) is 18.4 Å². The van der Waals surface area contributed by atoms with Crippen molar-refractivity contribution in [2.45, 2.75) is 11.8 Å². The number of primary sulfonamides is 1. The number of nitrogens with one attached hydrogen (secondary N) is 2. The zero-order chi connectivity index (χ0) is 33.9. The van der Waals surface area contributed by atoms with Crippen LogP contribution in [0, 0.1) is 6.92 Å². The average molecular weight is 644 g/mol. The van der Waals surface area contributed by atoms with Crippen molar-refractivity contribution in [1.82, 2.24) is 10.2 Å². The number of fused-ring (bicyclic) bond motifs is 1. The number of carbonyl (C=O) groups is 1. The van der Waals surface area contributed by atoms with Crippen LogP contribution in [0.5, 0.6) is 11.5 Å². The van der Waals surface area contributed by atoms with E-state index in [2.05, 4.69) is 22.3 Å². The molecule has 13 heteroatoms. The number of aromatic carboxylic acids is 1. The van der Waals surface area contributed by atoms with Crippen LogP contribution in [0.3, 0.4) is 0 Å². The highest BCUT2D eigenvalue weighted by Gasteiger charge is 2.12. The highest BCUT2D eigenvalue weighted by molar-refractivity contribution is 7.89. The Morgan fingerprint density at radius 3 is 1.93 bits per heavy atom. The van der Waals surface area contributed by atoms with E-state index in [4.69, 9.17) is 26.8 Å². The lowest BCUT2D eigenvalue weighted by Crippen LogP contribution is -2.12. The fraction of sp³-hybridized carbons (Fsp3) is 0.0303. The predicted octanol–water partition coefficient (Wildman–Crippen LogP) is 4.81. The van der Waals surface area contributed by atoms with Gasteiger partial charge in [-0.1, -0.05) is 66.7 Å². The van der Waals surface area contributed by atoms with Crippen LogP contribution in [-0.4, -0.2) is 39.9 Å². The van der Waals surface area contributed by atoms with Gasteiger partial charge in [0.2, 0.25) is 10.0 Å². The van der Waals surface area contributed by atoms with Crippen molar-refractivity contribution in [3.05, 3.63) is 137 Å². The van der Waals surface area contributed by atoms with E-state index in [-0.39, 0.29) is 27.5 Å². The number of hydrogen-bond donors (Lipinski definition) is 8. The third-order valence-electron chi connectivity index (χ3n) is 6.31. The first-order chi connectivity index (χ1) is 21.8. The average Bonchev–Trinajstić information content (AvgIpc) is 3.51. The van der Waals surface area contributed by atoms with Crippen molar-refractivity contribution in [3.8, 4) is 22.6 Å². The Morgan fingerprint density at radius 1 is 0.783 bits per heavy atom. The van der Waals surface area contributed by atoms with E-state index in [1.165, 1.54) is 24.3 Å². The molecule has 0 aliphatic carbocycles. The first-order valence-electron chi connectivity index (χ1n) is 13.5. The molecule has 0 saturated heterocycles. The fourth-order valence-corrected chi connectivity index (χ4v) is 4.60. The van der Waals surface area contributed by atoms with Crippen LogP contribution < -0.4 is 22.2 Å². The Hall–Kier alpha value is -6.05. The summed E-state index contributed by atoms with van der Waals surface area (Å²) in [6.07, 6.45) is 1.54. The molecule has 1 aromatic heterocycles. The molecule has 0 fully saturated rings. The van der Waals surface area contributed by atoms with Crippen molar-refractivity contribution in [3.63, 3.8) is 0 Å². The Morgan fingerprint density at radius 2 is 1.41 bits per heavy atom. The van der Waals surface area contributed by atoms with Gasteiger partial charge in [-0.2, -0.15) is 0 Å². The molecule has 0 bridgehead atoms. The Labute approximate surface area is 264 Å². The summed E-state index contributed by atoms with van der Waals surface area (Å²) in [4.78, 5) is 20.2. The summed E-state index contributed by atoms with van der Waals surface area (Å²) in [5, 5.41) is 39.7. The number of sulfonamides is 1. The molecule has 12 nitrogen and oxygen atoms in total. The van der Waals surface area contributed by atoms with E-state index in [0.29, 0.717) is 11.4 Å². The number of nitrogen functional groups attached to an aromatic ring is 2. The molecular formula is C33H33N5O7S. The number of aryl methyl sites for hydroxylation is 1. The summed E-state index contributed by atoms with van der Waals surface area (Å²) >= 11 is 0. The van der Waals surface area contributed by atoms with Gasteiger partial charge in [0.25, 0.3) is 5.56 Å². The van der Waals surface area contributed by atoms with Gasteiger partial charge in [0.15, 0.2) is 0 Å². The van der Waals surface area contributed by atoms with Crippen LogP contribution in [0.4, 0.5) is 11.4 Å². The number of hydrogen-bond acceptors (Lipinski definition) is 8. The summed E-state index contributed by atoms with van der Waals surface area (Å²) < 4.78 is 21.5. The highest BCUT2D eigenvalue weighted by Crippen LogP contribution is 2.38. The van der Waals surface area contributed by atoms with Crippen molar-refractivity contribution in [2.75, 3.05) is 11.5 Å². The normalized spacial score (nSPS) is 10.3. The van der Waals surface area contributed by atoms with Crippen molar-refractivity contribution in [1.29, 1.82) is 0 Å². The number of aromatic hydroxyl groups is 2. The van der Waals surface area contributed by atoms with Crippen LogP contribution in [-0.2, 0) is 10.0 Å². The second kappa shape index (κ2) is 15.6. The Kier molecular flexibility index (Phi) is 11.7. The molecule has 0 atom stereocenters. The zero-order valence-corrected chi connectivity index (χ0v) is 25.4. The molecular weight excluding hydrogens is 610 g/mol. The van der Waals surface area contributed by atoms with E-state index in [1.807, 2.05) is 55.5 Å². The number of H-pyrrole nitrogens is 2. The van der Waals surface area contributed by atoms with Gasteiger partial charge >= 0.3 is 5.97 Å². The minimum absolute atomic E-state index is 0.0125. The SMILES string of the molecule is Cc1cc2ccccc2c(-c2ccccc2)c1O.Nc1cc(S(N)(=O)=O)ccc1O.Nc1ccccc1C(=O)O.O=c1cc[nH][nH]1. The first-order valence-corrected chi connectivity index (χ1v) is 15.0. The largest absolute Gasteiger partial charge is 0.507 e. The minimum atomic E-state index is -3.73. The number of anilines is 2. The molecule has 1 heterocycles. The number of benzene rings is 5. The minimum Gasteiger partial charge on any atom is -0.507 e. The third kappa shape index (κ3) is 9.47. The summed E-state index contributed by atoms with van der Waals surface area (Å²) in [6, 6.07) is 31.4. The van der Waals surface area contributed by atoms with E-state index in [0.717, 1.165) is 33.5 Å². The van der Waals surface area contributed by atoms with Gasteiger partial charge in [-0.05, 0) is 65.2 Å². The standard InChI is InChI=1S/C17H14O.C7H7NO2.C6H8N2O3S.C3H4N2O/c1-12-11-14-9-5-6-10-15(14)16(17(12)18)13-7-3-2-4-8-13;8-6-4-2-1-3-5(6)7(9)10;7-5-3-4(12(8,10)11)1-2-6(5)9;6-3-1-2-4-5-3/h2-11,18H,1H3;1-4H,8H2,(H,9,10);1-3,9H,7H2,(H2,8,10,11);1-2H,(H2,4,5,6). The summed E-state index contributed by atoms with van der Waals surface area (Å²) in [6.45, 7) is 1.94. The molecule has 0 spiro atoms. The van der Waals surface area contributed by atoms with Gasteiger partial charge in [-0.15, -0.1) is 0 Å². The number of aromatic nitrogens is 2. The van der Waals surface area contributed by atoms with Crippen molar-refractivity contribution >= 4 is 38.1 Å². The molecule has 11 N–H and O–H groups in total. The Balaban J connectivity index is 0.000000179. The zero-order valence-electron chi connectivity index (χ0n) is 24.6. The molecule has 46 heavy (non-hydrogen) atoms. The maximum atomic E-state index is 10.7. The second-order valence-electron chi connectivity index (χ2n) is 9.63. The number of carboxylic acid groups (broad SMARTS) is 1. The summed E-state index contributed by atoms with van der Waals surface area (Å²) in [5.74, 6) is -0.777. The highest BCUT2D eigenvalue weighted by atomic mass is 32.2. The summed E-state index contributed by atoms with van der Waals surface area (Å²) in [7, 11) is -3.73. The van der Waals surface area contributed by atoms with Gasteiger partial charge in [0.05, 0.1) is 16.1 Å². The number of phenolic OH excluding ortho intramolecular Hbond substituents is 2. The lowest BCUT2D eigenvalue weighted by molar-refractivity contribution is 0.0698. The van der Waals surface area contributed by atoms with Crippen LogP contribution >= 0.6 is 0 Å². The van der Waals surface area contributed by atoms with E-state index < -0.39 is 16.0 Å². The maximum absolute atomic E-state index is 10.7. The lowest BCUT2D eigenvalue weighted by Gasteiger charge is -2.12. The molecule has 0 amide bonds. The fourth-order valence-electron chi connectivity index (χ4n) is 4.05. The number of para-hydroxylation sites is 1. The molecule has 5 aromatic carbocycles. The monoisotopic (exact) mass is 643 g/mol. The number of phenols is 2. The summed E-state index contributed by atoms with van der Waals surface area (Å²) in [5.41, 5.74) is 13.8. The first kappa shape index (κ1) is 34.4. The molecule has 0 aliphatic rings.